The van der Waals surface area contributed by atoms with Gasteiger partial charge in [-0.1, -0.05) is 0 Å². The number of hydrogen-bond donors (Lipinski definition) is 0. The van der Waals surface area contributed by atoms with Gasteiger partial charge in [0.05, 0.1) is 11.0 Å². The molecule has 0 unspecified atom stereocenters. The lowest BCUT2D eigenvalue weighted by Gasteiger charge is -1.93. The van der Waals surface area contributed by atoms with Crippen molar-refractivity contribution in [3.8, 4) is 0 Å². The fraction of sp³-hybridized carbons (Fsp3) is 0. The van der Waals surface area contributed by atoms with Crippen molar-refractivity contribution < 1.29 is 0 Å². The summed E-state index contributed by atoms with van der Waals surface area (Å²) in [6.07, 6.45) is 1.64. The van der Waals surface area contributed by atoms with E-state index in [1.807, 2.05) is 18.2 Å². The molecule has 11 heavy (non-hydrogen) atoms. The van der Waals surface area contributed by atoms with Crippen molar-refractivity contribution in [1.82, 2.24) is 9.97 Å². The molecule has 0 fully saturated rings. The SMILES string of the molecule is Brc1ccc2nc[c]cc2n1. The third kappa shape index (κ3) is 1.24. The van der Waals surface area contributed by atoms with Crippen molar-refractivity contribution in [3.05, 3.63) is 35.1 Å². The maximum atomic E-state index is 4.20. The number of halogens is 1. The first-order valence-corrected chi connectivity index (χ1v) is 3.94. The molecule has 0 N–H and O–H groups in total. The number of nitrogens with zero attached hydrogens (tertiary/aromatic N) is 2. The first-order valence-electron chi connectivity index (χ1n) is 3.14. The molecule has 0 saturated heterocycles. The molecule has 1 radical (unpaired) electrons. The summed E-state index contributed by atoms with van der Waals surface area (Å²) in [7, 11) is 0. The van der Waals surface area contributed by atoms with Crippen LogP contribution in [0.2, 0.25) is 0 Å². The molecule has 0 aliphatic rings. The largest absolute Gasteiger partial charge is 0.254 e. The minimum atomic E-state index is 0.825. The molecule has 0 atom stereocenters. The van der Waals surface area contributed by atoms with E-state index in [9.17, 15) is 0 Å². The minimum Gasteiger partial charge on any atom is -0.254 e. The van der Waals surface area contributed by atoms with Gasteiger partial charge in [-0.2, -0.15) is 0 Å². The van der Waals surface area contributed by atoms with Crippen LogP contribution < -0.4 is 0 Å². The van der Waals surface area contributed by atoms with Crippen LogP contribution in [-0.2, 0) is 0 Å². The second kappa shape index (κ2) is 2.58. The molecule has 3 heteroatoms. The Hall–Kier alpha value is -0.960. The number of fused-ring (bicyclic) bond motifs is 1. The van der Waals surface area contributed by atoms with E-state index in [2.05, 4.69) is 32.0 Å². The van der Waals surface area contributed by atoms with E-state index >= 15 is 0 Å². The van der Waals surface area contributed by atoms with Crippen LogP contribution in [0.4, 0.5) is 0 Å². The van der Waals surface area contributed by atoms with E-state index in [1.165, 1.54) is 0 Å². The highest BCUT2D eigenvalue weighted by molar-refractivity contribution is 9.10. The van der Waals surface area contributed by atoms with Crippen molar-refractivity contribution >= 4 is 27.0 Å². The Morgan fingerprint density at radius 1 is 1.27 bits per heavy atom. The van der Waals surface area contributed by atoms with E-state index in [0.717, 1.165) is 15.6 Å². The first kappa shape index (κ1) is 6.73. The molecule has 2 aromatic heterocycles. The van der Waals surface area contributed by atoms with Crippen molar-refractivity contribution in [1.29, 1.82) is 0 Å². The van der Waals surface area contributed by atoms with Crippen LogP contribution in [0.3, 0.4) is 0 Å². The van der Waals surface area contributed by atoms with Crippen LogP contribution in [0.25, 0.3) is 11.0 Å². The third-order valence-electron chi connectivity index (χ3n) is 1.37. The number of aromatic nitrogens is 2. The van der Waals surface area contributed by atoms with Crippen LogP contribution in [-0.4, -0.2) is 9.97 Å². The first-order chi connectivity index (χ1) is 5.36. The zero-order valence-corrected chi connectivity index (χ0v) is 7.17. The maximum Gasteiger partial charge on any atom is 0.106 e. The summed E-state index contributed by atoms with van der Waals surface area (Å²) in [6, 6.07) is 8.47. The van der Waals surface area contributed by atoms with Gasteiger partial charge in [0.15, 0.2) is 0 Å². The van der Waals surface area contributed by atoms with Crippen molar-refractivity contribution in [3.63, 3.8) is 0 Å². The van der Waals surface area contributed by atoms with Gasteiger partial charge in [-0.25, -0.2) is 4.98 Å². The third-order valence-corrected chi connectivity index (χ3v) is 1.81. The van der Waals surface area contributed by atoms with Crippen molar-refractivity contribution in [2.45, 2.75) is 0 Å². The van der Waals surface area contributed by atoms with E-state index in [4.69, 9.17) is 0 Å². The average Bonchev–Trinajstić information content (AvgIpc) is 2.04. The zero-order valence-electron chi connectivity index (χ0n) is 5.58. The predicted molar refractivity (Wildman–Crippen MR) is 46.1 cm³/mol. The quantitative estimate of drug-likeness (QED) is 0.620. The molecule has 0 amide bonds. The van der Waals surface area contributed by atoms with Gasteiger partial charge in [0.1, 0.15) is 4.60 Å². The van der Waals surface area contributed by atoms with Crippen LogP contribution in [0.15, 0.2) is 29.0 Å². The second-order valence-corrected chi connectivity index (χ2v) is 2.92. The van der Waals surface area contributed by atoms with Crippen LogP contribution in [0.5, 0.6) is 0 Å². The Kier molecular flexibility index (Phi) is 1.58. The topological polar surface area (TPSA) is 25.8 Å². The number of rotatable bonds is 0. The Morgan fingerprint density at radius 3 is 3.09 bits per heavy atom. The summed E-state index contributed by atoms with van der Waals surface area (Å²) in [4.78, 5) is 8.28. The zero-order chi connectivity index (χ0) is 7.68. The summed E-state index contributed by atoms with van der Waals surface area (Å²) in [5.74, 6) is 0. The molecule has 0 saturated carbocycles. The van der Waals surface area contributed by atoms with Gasteiger partial charge in [-0.3, -0.25) is 4.98 Å². The van der Waals surface area contributed by atoms with Gasteiger partial charge in [0, 0.05) is 12.3 Å². The molecule has 0 aromatic carbocycles. The minimum absolute atomic E-state index is 0.825. The predicted octanol–water partition coefficient (Wildman–Crippen LogP) is 2.19. The summed E-state index contributed by atoms with van der Waals surface area (Å²) in [5, 5.41) is 0. The van der Waals surface area contributed by atoms with Gasteiger partial charge >= 0.3 is 0 Å². The molecular weight excluding hydrogens is 204 g/mol. The van der Waals surface area contributed by atoms with Crippen molar-refractivity contribution in [2.24, 2.45) is 0 Å². The van der Waals surface area contributed by atoms with Gasteiger partial charge in [-0.05, 0) is 34.1 Å². The number of hydrogen-bond acceptors (Lipinski definition) is 2. The monoisotopic (exact) mass is 207 g/mol. The van der Waals surface area contributed by atoms with E-state index < -0.39 is 0 Å². The molecular formula is C8H4BrN2. The summed E-state index contributed by atoms with van der Waals surface area (Å²) in [5.41, 5.74) is 1.76. The molecule has 0 bridgehead atoms. The Morgan fingerprint density at radius 2 is 2.18 bits per heavy atom. The molecule has 2 rings (SSSR count). The van der Waals surface area contributed by atoms with Gasteiger partial charge < -0.3 is 0 Å². The van der Waals surface area contributed by atoms with E-state index in [0.29, 0.717) is 0 Å². The number of pyridine rings is 2. The normalized spacial score (nSPS) is 10.3. The highest BCUT2D eigenvalue weighted by Crippen LogP contribution is 2.11. The fourth-order valence-corrected chi connectivity index (χ4v) is 1.20. The summed E-state index contributed by atoms with van der Waals surface area (Å²) in [6.45, 7) is 0. The van der Waals surface area contributed by atoms with Gasteiger partial charge in [0.2, 0.25) is 0 Å². The Balaban J connectivity index is 2.83. The van der Waals surface area contributed by atoms with Crippen LogP contribution in [0, 0.1) is 6.07 Å². The molecule has 0 spiro atoms. The van der Waals surface area contributed by atoms with E-state index in [-0.39, 0.29) is 0 Å². The van der Waals surface area contributed by atoms with Gasteiger partial charge in [-0.15, -0.1) is 0 Å². The molecule has 2 aromatic rings. The van der Waals surface area contributed by atoms with Crippen LogP contribution >= 0.6 is 15.9 Å². The molecule has 2 nitrogen and oxygen atoms in total. The highest BCUT2D eigenvalue weighted by Gasteiger charge is 1.93. The molecule has 0 aliphatic heterocycles. The Bertz CT molecular complexity index is 387. The standard InChI is InChI=1S/C8H4BrN2/c9-8-4-3-6-7(11-8)2-1-5-10-6/h2-5H. The van der Waals surface area contributed by atoms with Crippen LogP contribution in [0.1, 0.15) is 0 Å². The van der Waals surface area contributed by atoms with E-state index in [1.54, 1.807) is 6.20 Å². The summed E-state index contributed by atoms with van der Waals surface area (Å²) >= 11 is 3.28. The smallest absolute Gasteiger partial charge is 0.106 e. The lowest BCUT2D eigenvalue weighted by molar-refractivity contribution is 1.30. The fourth-order valence-electron chi connectivity index (χ4n) is 0.881. The second-order valence-electron chi connectivity index (χ2n) is 2.11. The lowest BCUT2D eigenvalue weighted by Crippen LogP contribution is -1.81. The molecule has 53 valence electrons. The van der Waals surface area contributed by atoms with Gasteiger partial charge in [0.25, 0.3) is 0 Å². The summed E-state index contributed by atoms with van der Waals surface area (Å²) < 4.78 is 0.825. The molecule has 2 heterocycles. The highest BCUT2D eigenvalue weighted by atomic mass is 79.9. The average molecular weight is 208 g/mol. The molecule has 0 aliphatic carbocycles. The lowest BCUT2D eigenvalue weighted by atomic mass is 10.3. The Labute approximate surface area is 72.4 Å². The maximum absolute atomic E-state index is 4.20. The van der Waals surface area contributed by atoms with Crippen molar-refractivity contribution in [2.75, 3.05) is 0 Å².